The molecule has 1 aromatic carbocycles. The molecule has 22 heavy (non-hydrogen) atoms. The first kappa shape index (κ1) is 14.0. The van der Waals surface area contributed by atoms with Crippen LogP contribution < -0.4 is 10.1 Å². The Hall–Kier alpha value is -2.95. The van der Waals surface area contributed by atoms with E-state index in [4.69, 9.17) is 4.74 Å². The first-order chi connectivity index (χ1) is 10.7. The molecule has 0 aliphatic rings. The number of aromatic nitrogens is 2. The van der Waals surface area contributed by atoms with Crippen LogP contribution in [0.3, 0.4) is 0 Å². The number of ether oxygens (including phenoxy) is 1. The Bertz CT molecular complexity index is 803. The van der Waals surface area contributed by atoms with Crippen LogP contribution in [0.4, 0.5) is 5.69 Å². The molecule has 0 aliphatic carbocycles. The number of nitrogens with one attached hydrogen (secondary N) is 1. The molecule has 0 saturated carbocycles. The lowest BCUT2D eigenvalue weighted by molar-refractivity contribution is -0.114. The standard InChI is InChI=1S/C17H15N3O2/c1-12(21)20-16-10-15(9-13-5-4-8-19-17(13)16)22-11-14-6-2-3-7-18-14/h2-10H,11H2,1H3,(H,20,21). The largest absolute Gasteiger partial charge is 0.487 e. The van der Waals surface area contributed by atoms with E-state index in [1.807, 2.05) is 36.4 Å². The van der Waals surface area contributed by atoms with E-state index in [0.29, 0.717) is 18.0 Å². The van der Waals surface area contributed by atoms with E-state index in [2.05, 4.69) is 15.3 Å². The molecule has 0 radical (unpaired) electrons. The van der Waals surface area contributed by atoms with Crippen LogP contribution in [0.15, 0.2) is 54.9 Å². The lowest BCUT2D eigenvalue weighted by atomic mass is 10.1. The van der Waals surface area contributed by atoms with E-state index in [1.165, 1.54) is 6.92 Å². The van der Waals surface area contributed by atoms with Gasteiger partial charge in [0, 0.05) is 30.8 Å². The van der Waals surface area contributed by atoms with Gasteiger partial charge in [0.15, 0.2) is 0 Å². The Balaban J connectivity index is 1.91. The van der Waals surface area contributed by atoms with Crippen molar-refractivity contribution in [3.05, 3.63) is 60.6 Å². The molecule has 1 N–H and O–H groups in total. The number of hydrogen-bond donors (Lipinski definition) is 1. The van der Waals surface area contributed by atoms with Crippen molar-refractivity contribution in [1.29, 1.82) is 0 Å². The van der Waals surface area contributed by atoms with Crippen molar-refractivity contribution >= 4 is 22.5 Å². The van der Waals surface area contributed by atoms with Gasteiger partial charge in [-0.3, -0.25) is 14.8 Å². The van der Waals surface area contributed by atoms with Crippen LogP contribution in [0.25, 0.3) is 10.9 Å². The number of rotatable bonds is 4. The lowest BCUT2D eigenvalue weighted by Crippen LogP contribution is -2.07. The molecule has 1 amide bonds. The molecular formula is C17H15N3O2. The van der Waals surface area contributed by atoms with E-state index in [1.54, 1.807) is 18.5 Å². The van der Waals surface area contributed by atoms with Crippen molar-refractivity contribution in [3.63, 3.8) is 0 Å². The maximum absolute atomic E-state index is 11.4. The molecule has 0 bridgehead atoms. The fourth-order valence-corrected chi connectivity index (χ4v) is 2.17. The fourth-order valence-electron chi connectivity index (χ4n) is 2.17. The van der Waals surface area contributed by atoms with Crippen molar-refractivity contribution in [2.75, 3.05) is 5.32 Å². The second-order valence-corrected chi connectivity index (χ2v) is 4.84. The minimum atomic E-state index is -0.145. The summed E-state index contributed by atoms with van der Waals surface area (Å²) in [4.78, 5) is 19.9. The van der Waals surface area contributed by atoms with Gasteiger partial charge in [0.2, 0.25) is 5.91 Å². The second-order valence-electron chi connectivity index (χ2n) is 4.84. The van der Waals surface area contributed by atoms with Gasteiger partial charge in [-0.1, -0.05) is 12.1 Å². The van der Waals surface area contributed by atoms with Crippen LogP contribution in [0.1, 0.15) is 12.6 Å². The second kappa shape index (κ2) is 6.22. The molecule has 0 spiro atoms. The molecule has 5 nitrogen and oxygen atoms in total. The lowest BCUT2D eigenvalue weighted by Gasteiger charge is -2.11. The highest BCUT2D eigenvalue weighted by molar-refractivity contribution is 6.00. The quantitative estimate of drug-likeness (QED) is 0.802. The molecule has 0 atom stereocenters. The van der Waals surface area contributed by atoms with Gasteiger partial charge >= 0.3 is 0 Å². The molecule has 3 rings (SSSR count). The first-order valence-electron chi connectivity index (χ1n) is 6.91. The Morgan fingerprint density at radius 2 is 2.00 bits per heavy atom. The van der Waals surface area contributed by atoms with E-state index in [-0.39, 0.29) is 5.91 Å². The summed E-state index contributed by atoms with van der Waals surface area (Å²) >= 11 is 0. The summed E-state index contributed by atoms with van der Waals surface area (Å²) in [7, 11) is 0. The highest BCUT2D eigenvalue weighted by Gasteiger charge is 2.08. The van der Waals surface area contributed by atoms with Gasteiger partial charge in [-0.15, -0.1) is 0 Å². The summed E-state index contributed by atoms with van der Waals surface area (Å²) in [6.45, 7) is 1.84. The summed E-state index contributed by atoms with van der Waals surface area (Å²) in [5.41, 5.74) is 2.22. The first-order valence-corrected chi connectivity index (χ1v) is 6.91. The summed E-state index contributed by atoms with van der Waals surface area (Å²) in [5.74, 6) is 0.517. The molecule has 0 aliphatic heterocycles. The minimum Gasteiger partial charge on any atom is -0.487 e. The van der Waals surface area contributed by atoms with Crippen LogP contribution in [-0.2, 0) is 11.4 Å². The van der Waals surface area contributed by atoms with Crippen molar-refractivity contribution < 1.29 is 9.53 Å². The van der Waals surface area contributed by atoms with Crippen molar-refractivity contribution in [3.8, 4) is 5.75 Å². The van der Waals surface area contributed by atoms with Crippen molar-refractivity contribution in [2.45, 2.75) is 13.5 Å². The van der Waals surface area contributed by atoms with Crippen LogP contribution in [0.2, 0.25) is 0 Å². The Morgan fingerprint density at radius 3 is 2.77 bits per heavy atom. The summed E-state index contributed by atoms with van der Waals surface area (Å²) in [6.07, 6.45) is 3.42. The molecule has 0 unspecified atom stereocenters. The molecule has 2 aromatic heterocycles. The third-order valence-corrected chi connectivity index (χ3v) is 3.10. The molecule has 0 saturated heterocycles. The molecule has 0 fully saturated rings. The smallest absolute Gasteiger partial charge is 0.221 e. The maximum atomic E-state index is 11.4. The van der Waals surface area contributed by atoms with E-state index in [9.17, 15) is 4.79 Å². The number of carbonyl (C=O) groups is 1. The summed E-state index contributed by atoms with van der Waals surface area (Å²) in [5, 5.41) is 3.70. The zero-order valence-electron chi connectivity index (χ0n) is 12.1. The van der Waals surface area contributed by atoms with Gasteiger partial charge in [-0.05, 0) is 24.3 Å². The zero-order chi connectivity index (χ0) is 15.4. The SMILES string of the molecule is CC(=O)Nc1cc(OCc2ccccn2)cc2cccnc12. The van der Waals surface area contributed by atoms with Crippen LogP contribution >= 0.6 is 0 Å². The number of nitrogens with zero attached hydrogens (tertiary/aromatic N) is 2. The number of hydrogen-bond acceptors (Lipinski definition) is 4. The zero-order valence-corrected chi connectivity index (χ0v) is 12.1. The molecule has 5 heteroatoms. The number of benzene rings is 1. The van der Waals surface area contributed by atoms with Gasteiger partial charge in [0.05, 0.1) is 16.9 Å². The van der Waals surface area contributed by atoms with Gasteiger partial charge < -0.3 is 10.1 Å². The van der Waals surface area contributed by atoms with Crippen LogP contribution in [-0.4, -0.2) is 15.9 Å². The van der Waals surface area contributed by atoms with Crippen molar-refractivity contribution in [2.24, 2.45) is 0 Å². The third-order valence-electron chi connectivity index (χ3n) is 3.10. The molecular weight excluding hydrogens is 278 g/mol. The Morgan fingerprint density at radius 1 is 1.14 bits per heavy atom. The normalized spacial score (nSPS) is 10.4. The number of carbonyl (C=O) groups excluding carboxylic acids is 1. The number of anilines is 1. The topological polar surface area (TPSA) is 64.1 Å². The van der Waals surface area contributed by atoms with E-state index >= 15 is 0 Å². The Labute approximate surface area is 128 Å². The van der Waals surface area contributed by atoms with Gasteiger partial charge in [0.1, 0.15) is 12.4 Å². The van der Waals surface area contributed by atoms with Gasteiger partial charge in [-0.25, -0.2) is 0 Å². The number of fused-ring (bicyclic) bond motifs is 1. The van der Waals surface area contributed by atoms with E-state index < -0.39 is 0 Å². The third kappa shape index (κ3) is 3.20. The minimum absolute atomic E-state index is 0.145. The number of pyridine rings is 2. The van der Waals surface area contributed by atoms with Crippen molar-refractivity contribution in [1.82, 2.24) is 9.97 Å². The summed E-state index contributed by atoms with van der Waals surface area (Å²) < 4.78 is 5.78. The fraction of sp³-hybridized carbons (Fsp3) is 0.118. The summed E-state index contributed by atoms with van der Waals surface area (Å²) in [6, 6.07) is 13.1. The van der Waals surface area contributed by atoms with E-state index in [0.717, 1.165) is 16.6 Å². The van der Waals surface area contributed by atoms with Crippen LogP contribution in [0.5, 0.6) is 5.75 Å². The highest BCUT2D eigenvalue weighted by Crippen LogP contribution is 2.28. The predicted octanol–water partition coefficient (Wildman–Crippen LogP) is 3.17. The number of amides is 1. The van der Waals surface area contributed by atoms with Crippen LogP contribution in [0, 0.1) is 0 Å². The Kier molecular flexibility index (Phi) is 3.96. The highest BCUT2D eigenvalue weighted by atomic mass is 16.5. The molecule has 2 heterocycles. The molecule has 110 valence electrons. The van der Waals surface area contributed by atoms with Gasteiger partial charge in [-0.2, -0.15) is 0 Å². The monoisotopic (exact) mass is 293 g/mol. The maximum Gasteiger partial charge on any atom is 0.221 e. The predicted molar refractivity (Wildman–Crippen MR) is 84.6 cm³/mol. The van der Waals surface area contributed by atoms with Gasteiger partial charge in [0.25, 0.3) is 0 Å². The average molecular weight is 293 g/mol. The average Bonchev–Trinajstić information content (AvgIpc) is 2.53. The molecule has 3 aromatic rings.